The van der Waals surface area contributed by atoms with Crippen LogP contribution in [0.2, 0.25) is 0 Å². The van der Waals surface area contributed by atoms with Gasteiger partial charge in [0.05, 0.1) is 4.90 Å². The highest BCUT2D eigenvalue weighted by Crippen LogP contribution is 2.17. The third kappa shape index (κ3) is 5.63. The normalized spacial score (nSPS) is 11.8. The lowest BCUT2D eigenvalue weighted by molar-refractivity contribution is 0.0747. The lowest BCUT2D eigenvalue weighted by Crippen LogP contribution is -2.11. The molecular weight excluding hydrogens is 350 g/mol. The zero-order chi connectivity index (χ0) is 19.0. The molecule has 0 saturated carbocycles. The molecule has 0 fully saturated rings. The molecule has 0 saturated heterocycles. The molecule has 6 heteroatoms. The highest BCUT2D eigenvalue weighted by Gasteiger charge is 2.18. The van der Waals surface area contributed by atoms with Crippen molar-refractivity contribution in [3.63, 3.8) is 0 Å². The SMILES string of the molecule is NS(=O)(=O)c1ccccc1.O=C(c1ccccc1)C(O)c1ccccc1. The Balaban J connectivity index is 0.000000209. The van der Waals surface area contributed by atoms with Gasteiger partial charge in [0.25, 0.3) is 0 Å². The number of primary sulfonamides is 1. The van der Waals surface area contributed by atoms with E-state index in [9.17, 15) is 18.3 Å². The summed E-state index contributed by atoms with van der Waals surface area (Å²) in [5.74, 6) is -0.271. The predicted molar refractivity (Wildman–Crippen MR) is 100.0 cm³/mol. The summed E-state index contributed by atoms with van der Waals surface area (Å²) in [5, 5.41) is 14.7. The van der Waals surface area contributed by atoms with Crippen molar-refractivity contribution in [2.75, 3.05) is 0 Å². The molecule has 1 unspecified atom stereocenters. The molecule has 26 heavy (non-hydrogen) atoms. The maximum atomic E-state index is 11.9. The first-order valence-electron chi connectivity index (χ1n) is 7.79. The van der Waals surface area contributed by atoms with Crippen LogP contribution in [0.15, 0.2) is 95.9 Å². The van der Waals surface area contributed by atoms with Crippen LogP contribution < -0.4 is 5.14 Å². The Labute approximate surface area is 152 Å². The Kier molecular flexibility index (Phi) is 6.80. The topological polar surface area (TPSA) is 97.5 Å². The van der Waals surface area contributed by atoms with E-state index in [2.05, 4.69) is 0 Å². The molecule has 0 aliphatic rings. The average molecular weight is 369 g/mol. The minimum absolute atomic E-state index is 0.148. The first kappa shape index (κ1) is 19.5. The fourth-order valence-corrected chi connectivity index (χ4v) is 2.69. The largest absolute Gasteiger partial charge is 0.380 e. The van der Waals surface area contributed by atoms with E-state index in [0.29, 0.717) is 11.1 Å². The second-order valence-electron chi connectivity index (χ2n) is 5.40. The number of sulfonamides is 1. The molecule has 0 heterocycles. The summed E-state index contributed by atoms with van der Waals surface area (Å²) in [6.45, 7) is 0. The summed E-state index contributed by atoms with van der Waals surface area (Å²) in [4.78, 5) is 12.0. The number of nitrogens with two attached hydrogens (primary N) is 1. The molecule has 5 nitrogen and oxygen atoms in total. The molecule has 0 bridgehead atoms. The second-order valence-corrected chi connectivity index (χ2v) is 6.96. The number of rotatable bonds is 4. The fraction of sp³-hybridized carbons (Fsp3) is 0.0500. The molecule has 1 atom stereocenters. The van der Waals surface area contributed by atoms with Crippen LogP contribution in [0.25, 0.3) is 0 Å². The maximum absolute atomic E-state index is 11.9. The van der Waals surface area contributed by atoms with E-state index in [1.807, 2.05) is 12.1 Å². The summed E-state index contributed by atoms with van der Waals surface area (Å²) in [5.41, 5.74) is 1.15. The number of carbonyl (C=O) groups is 1. The molecule has 3 rings (SSSR count). The van der Waals surface area contributed by atoms with E-state index < -0.39 is 16.1 Å². The number of hydrogen-bond acceptors (Lipinski definition) is 4. The number of carbonyl (C=O) groups excluding carboxylic acids is 1. The summed E-state index contributed by atoms with van der Waals surface area (Å²) in [7, 11) is -3.50. The Morgan fingerprint density at radius 1 is 0.769 bits per heavy atom. The minimum Gasteiger partial charge on any atom is -0.380 e. The number of Topliss-reactive ketones (excluding diaryl/α,β-unsaturated/α-hetero) is 1. The third-order valence-electron chi connectivity index (χ3n) is 3.49. The van der Waals surface area contributed by atoms with Gasteiger partial charge in [-0.05, 0) is 17.7 Å². The summed E-state index contributed by atoms with van der Waals surface area (Å²) >= 11 is 0. The predicted octanol–water partition coefficient (Wildman–Crippen LogP) is 2.94. The van der Waals surface area contributed by atoms with E-state index in [-0.39, 0.29) is 10.7 Å². The molecule has 0 aliphatic carbocycles. The molecule has 134 valence electrons. The van der Waals surface area contributed by atoms with Crippen molar-refractivity contribution < 1.29 is 18.3 Å². The second kappa shape index (κ2) is 9.05. The van der Waals surface area contributed by atoms with Crippen LogP contribution in [0, 0.1) is 0 Å². The lowest BCUT2D eigenvalue weighted by atomic mass is 10.0. The van der Waals surface area contributed by atoms with Crippen LogP contribution in [0.5, 0.6) is 0 Å². The molecule has 3 aromatic rings. The number of benzene rings is 3. The van der Waals surface area contributed by atoms with Crippen molar-refractivity contribution in [1.29, 1.82) is 0 Å². The monoisotopic (exact) mass is 369 g/mol. The van der Waals surface area contributed by atoms with Crippen molar-refractivity contribution >= 4 is 15.8 Å². The minimum atomic E-state index is -3.50. The molecule has 0 aliphatic heterocycles. The smallest absolute Gasteiger partial charge is 0.238 e. The Bertz CT molecular complexity index is 927. The highest BCUT2D eigenvalue weighted by molar-refractivity contribution is 7.89. The average Bonchev–Trinajstić information content (AvgIpc) is 2.69. The molecule has 3 N–H and O–H groups in total. The summed E-state index contributed by atoms with van der Waals surface area (Å²) in [6, 6.07) is 25.6. The quantitative estimate of drug-likeness (QED) is 0.691. The van der Waals surface area contributed by atoms with Crippen molar-refractivity contribution in [3.05, 3.63) is 102 Å². The molecule has 0 radical (unpaired) electrons. The van der Waals surface area contributed by atoms with Gasteiger partial charge in [-0.15, -0.1) is 0 Å². The van der Waals surface area contributed by atoms with Crippen molar-refractivity contribution in [2.45, 2.75) is 11.0 Å². The van der Waals surface area contributed by atoms with E-state index in [0.717, 1.165) is 0 Å². The van der Waals surface area contributed by atoms with Crippen LogP contribution in [-0.4, -0.2) is 19.3 Å². The molecular formula is C20H19NO4S. The maximum Gasteiger partial charge on any atom is 0.238 e. The van der Waals surface area contributed by atoms with Gasteiger partial charge >= 0.3 is 0 Å². The summed E-state index contributed by atoms with van der Waals surface area (Å²) in [6.07, 6.45) is -1.08. The van der Waals surface area contributed by atoms with Crippen LogP contribution >= 0.6 is 0 Å². The Morgan fingerprint density at radius 3 is 1.62 bits per heavy atom. The molecule has 0 spiro atoms. The Hall–Kier alpha value is -2.80. The van der Waals surface area contributed by atoms with Gasteiger partial charge in [0.2, 0.25) is 10.0 Å². The first-order chi connectivity index (χ1) is 12.4. The zero-order valence-corrected chi connectivity index (χ0v) is 14.7. The number of ketones is 1. The van der Waals surface area contributed by atoms with Crippen molar-refractivity contribution in [1.82, 2.24) is 0 Å². The van der Waals surface area contributed by atoms with Gasteiger partial charge in [0.1, 0.15) is 6.10 Å². The van der Waals surface area contributed by atoms with Gasteiger partial charge in [-0.2, -0.15) is 0 Å². The highest BCUT2D eigenvalue weighted by atomic mass is 32.2. The third-order valence-corrected chi connectivity index (χ3v) is 4.42. The van der Waals surface area contributed by atoms with Crippen LogP contribution in [-0.2, 0) is 10.0 Å². The number of hydrogen-bond donors (Lipinski definition) is 2. The Morgan fingerprint density at radius 2 is 1.19 bits per heavy atom. The fourth-order valence-electron chi connectivity index (χ4n) is 2.16. The van der Waals surface area contributed by atoms with Gasteiger partial charge in [0.15, 0.2) is 5.78 Å². The van der Waals surface area contributed by atoms with E-state index in [1.54, 1.807) is 66.7 Å². The molecule has 0 aromatic heterocycles. The number of aliphatic hydroxyl groups excluding tert-OH is 1. The molecule has 0 amide bonds. The van der Waals surface area contributed by atoms with Gasteiger partial charge in [-0.25, -0.2) is 13.6 Å². The van der Waals surface area contributed by atoms with Gasteiger partial charge in [-0.1, -0.05) is 78.9 Å². The van der Waals surface area contributed by atoms with Crippen LogP contribution in [0.3, 0.4) is 0 Å². The standard InChI is InChI=1S/C14H12O2.C6H7NO2S/c15-13(11-7-3-1-4-8-11)14(16)12-9-5-2-6-10-12;7-10(8,9)6-4-2-1-3-5-6/h1-10,13,15H;1-5H,(H2,7,8,9). The van der Waals surface area contributed by atoms with Gasteiger partial charge in [0, 0.05) is 5.56 Å². The van der Waals surface area contributed by atoms with E-state index >= 15 is 0 Å². The van der Waals surface area contributed by atoms with Gasteiger partial charge in [-0.3, -0.25) is 4.79 Å². The lowest BCUT2D eigenvalue weighted by Gasteiger charge is -2.09. The van der Waals surface area contributed by atoms with Crippen LogP contribution in [0.1, 0.15) is 22.0 Å². The van der Waals surface area contributed by atoms with Gasteiger partial charge < -0.3 is 5.11 Å². The van der Waals surface area contributed by atoms with Crippen LogP contribution in [0.4, 0.5) is 0 Å². The van der Waals surface area contributed by atoms with Crippen molar-refractivity contribution in [3.8, 4) is 0 Å². The van der Waals surface area contributed by atoms with Crippen molar-refractivity contribution in [2.24, 2.45) is 5.14 Å². The van der Waals surface area contributed by atoms with E-state index in [4.69, 9.17) is 5.14 Å². The zero-order valence-electron chi connectivity index (χ0n) is 13.9. The van der Waals surface area contributed by atoms with E-state index in [1.165, 1.54) is 12.1 Å². The number of aliphatic hydroxyl groups is 1. The first-order valence-corrected chi connectivity index (χ1v) is 9.34. The molecule has 3 aromatic carbocycles. The summed E-state index contributed by atoms with van der Waals surface area (Å²) < 4.78 is 21.2.